The van der Waals surface area contributed by atoms with Crippen molar-refractivity contribution in [2.24, 2.45) is 0 Å². The highest BCUT2D eigenvalue weighted by Gasteiger charge is 2.16. The Hall–Kier alpha value is -3.34. The molecular formula is C19H14N2O3. The molecule has 0 aliphatic rings. The Morgan fingerprint density at radius 3 is 2.75 bits per heavy atom. The molecule has 4 aromatic rings. The van der Waals surface area contributed by atoms with Crippen LogP contribution in [0.15, 0.2) is 60.9 Å². The number of pyridine rings is 1. The van der Waals surface area contributed by atoms with E-state index in [1.54, 1.807) is 19.5 Å². The molecule has 0 atom stereocenters. The highest BCUT2D eigenvalue weighted by atomic mass is 16.5. The molecule has 24 heavy (non-hydrogen) atoms. The maximum Gasteiger partial charge on any atom is 0.337 e. The SMILES string of the molecule is COc1ccc2nccc(-n3cc(C(=O)O)c4ccccc43)c2c1. The molecule has 5 heteroatoms. The van der Waals surface area contributed by atoms with E-state index in [9.17, 15) is 9.90 Å². The van der Waals surface area contributed by atoms with Gasteiger partial charge in [0.25, 0.3) is 0 Å². The molecule has 4 rings (SSSR count). The number of hydrogen-bond donors (Lipinski definition) is 1. The van der Waals surface area contributed by atoms with Gasteiger partial charge in [0.15, 0.2) is 0 Å². The second-order valence-electron chi connectivity index (χ2n) is 5.45. The molecule has 0 aliphatic heterocycles. The summed E-state index contributed by atoms with van der Waals surface area (Å²) in [5, 5.41) is 11.1. The van der Waals surface area contributed by atoms with Gasteiger partial charge in [-0.25, -0.2) is 4.79 Å². The van der Waals surface area contributed by atoms with Gasteiger partial charge in [-0.3, -0.25) is 4.98 Å². The molecule has 2 aromatic carbocycles. The quantitative estimate of drug-likeness (QED) is 0.622. The zero-order valence-electron chi connectivity index (χ0n) is 12.9. The zero-order chi connectivity index (χ0) is 16.7. The first-order chi connectivity index (χ1) is 11.7. The lowest BCUT2D eigenvalue weighted by Crippen LogP contribution is -1.96. The Morgan fingerprint density at radius 2 is 1.96 bits per heavy atom. The first kappa shape index (κ1) is 14.3. The molecule has 0 amide bonds. The number of hydrogen-bond acceptors (Lipinski definition) is 3. The maximum atomic E-state index is 11.6. The molecule has 0 aliphatic carbocycles. The standard InChI is InChI=1S/C19H14N2O3/c1-24-12-6-7-16-14(10-12)18(8-9-20-16)21-11-15(19(22)23)13-4-2-3-5-17(13)21/h2-11H,1H3,(H,22,23). The summed E-state index contributed by atoms with van der Waals surface area (Å²) < 4.78 is 7.20. The summed E-state index contributed by atoms with van der Waals surface area (Å²) in [6.07, 6.45) is 3.38. The lowest BCUT2D eigenvalue weighted by Gasteiger charge is -2.10. The van der Waals surface area contributed by atoms with Crippen LogP contribution in [0.2, 0.25) is 0 Å². The normalized spacial score (nSPS) is 11.0. The molecule has 0 saturated carbocycles. The van der Waals surface area contributed by atoms with Crippen molar-refractivity contribution >= 4 is 27.8 Å². The molecule has 118 valence electrons. The van der Waals surface area contributed by atoms with Gasteiger partial charge in [-0.2, -0.15) is 0 Å². The van der Waals surface area contributed by atoms with Gasteiger partial charge in [0.1, 0.15) is 5.75 Å². The predicted molar refractivity (Wildman–Crippen MR) is 92.1 cm³/mol. The fraction of sp³-hybridized carbons (Fsp3) is 0.0526. The summed E-state index contributed by atoms with van der Waals surface area (Å²) in [5.41, 5.74) is 2.80. The summed E-state index contributed by atoms with van der Waals surface area (Å²) >= 11 is 0. The second kappa shape index (κ2) is 5.38. The number of ether oxygens (including phenoxy) is 1. The number of carboxylic acids is 1. The van der Waals surface area contributed by atoms with E-state index in [-0.39, 0.29) is 5.56 Å². The number of benzene rings is 2. The van der Waals surface area contributed by atoms with Gasteiger partial charge >= 0.3 is 5.97 Å². The fourth-order valence-electron chi connectivity index (χ4n) is 3.00. The van der Waals surface area contributed by atoms with Crippen molar-refractivity contribution < 1.29 is 14.6 Å². The number of carboxylic acid groups (broad SMARTS) is 1. The lowest BCUT2D eigenvalue weighted by molar-refractivity contribution is 0.0699. The number of aromatic nitrogens is 2. The monoisotopic (exact) mass is 318 g/mol. The Morgan fingerprint density at radius 1 is 1.12 bits per heavy atom. The first-order valence-electron chi connectivity index (χ1n) is 7.45. The van der Waals surface area contributed by atoms with Gasteiger partial charge < -0.3 is 14.4 Å². The average molecular weight is 318 g/mol. The van der Waals surface area contributed by atoms with Crippen molar-refractivity contribution in [3.05, 3.63) is 66.5 Å². The summed E-state index contributed by atoms with van der Waals surface area (Å²) in [6, 6.07) is 15.0. The number of nitrogens with zero attached hydrogens (tertiary/aromatic N) is 2. The van der Waals surface area contributed by atoms with Crippen LogP contribution in [0.5, 0.6) is 5.75 Å². The van der Waals surface area contributed by atoms with E-state index >= 15 is 0 Å². The molecule has 5 nitrogen and oxygen atoms in total. The average Bonchev–Trinajstić information content (AvgIpc) is 3.00. The zero-order valence-corrected chi connectivity index (χ0v) is 12.9. The molecule has 1 N–H and O–H groups in total. The van der Waals surface area contributed by atoms with Crippen molar-refractivity contribution in [1.29, 1.82) is 0 Å². The van der Waals surface area contributed by atoms with Gasteiger partial charge in [-0.1, -0.05) is 18.2 Å². The van der Waals surface area contributed by atoms with Crippen molar-refractivity contribution in [3.8, 4) is 11.4 Å². The summed E-state index contributed by atoms with van der Waals surface area (Å²) in [7, 11) is 1.62. The topological polar surface area (TPSA) is 64.4 Å². The number of methoxy groups -OCH3 is 1. The Balaban J connectivity index is 2.08. The highest BCUT2D eigenvalue weighted by molar-refractivity contribution is 6.04. The number of para-hydroxylation sites is 1. The lowest BCUT2D eigenvalue weighted by atomic mass is 10.1. The number of aromatic carboxylic acids is 1. The van der Waals surface area contributed by atoms with Crippen LogP contribution in [0.1, 0.15) is 10.4 Å². The molecule has 0 bridgehead atoms. The minimum atomic E-state index is -0.944. The second-order valence-corrected chi connectivity index (χ2v) is 5.45. The molecular weight excluding hydrogens is 304 g/mol. The van der Waals surface area contributed by atoms with Gasteiger partial charge in [-0.15, -0.1) is 0 Å². The van der Waals surface area contributed by atoms with Crippen LogP contribution in [-0.2, 0) is 0 Å². The smallest absolute Gasteiger partial charge is 0.337 e. The maximum absolute atomic E-state index is 11.6. The molecule has 2 aromatic heterocycles. The summed E-state index contributed by atoms with van der Waals surface area (Å²) in [5.74, 6) is -0.215. The van der Waals surface area contributed by atoms with Gasteiger partial charge in [0.2, 0.25) is 0 Å². The summed E-state index contributed by atoms with van der Waals surface area (Å²) in [4.78, 5) is 16.0. The molecule has 0 fully saturated rings. The number of fused-ring (bicyclic) bond motifs is 2. The molecule has 0 spiro atoms. The molecule has 2 heterocycles. The largest absolute Gasteiger partial charge is 0.497 e. The number of carbonyl (C=O) groups is 1. The molecule has 0 radical (unpaired) electrons. The Bertz CT molecular complexity index is 1080. The minimum Gasteiger partial charge on any atom is -0.497 e. The molecule has 0 saturated heterocycles. The minimum absolute atomic E-state index is 0.276. The van der Waals surface area contributed by atoms with Crippen LogP contribution < -0.4 is 4.74 Å². The third-order valence-corrected chi connectivity index (χ3v) is 4.13. The van der Waals surface area contributed by atoms with Crippen LogP contribution in [0.3, 0.4) is 0 Å². The van der Waals surface area contributed by atoms with E-state index in [1.165, 1.54) is 0 Å². The third-order valence-electron chi connectivity index (χ3n) is 4.13. The fourth-order valence-corrected chi connectivity index (χ4v) is 3.00. The van der Waals surface area contributed by atoms with Crippen molar-refractivity contribution in [2.45, 2.75) is 0 Å². The van der Waals surface area contributed by atoms with E-state index in [2.05, 4.69) is 4.98 Å². The van der Waals surface area contributed by atoms with E-state index in [4.69, 9.17) is 4.74 Å². The van der Waals surface area contributed by atoms with Crippen molar-refractivity contribution in [3.63, 3.8) is 0 Å². The third kappa shape index (κ3) is 2.10. The van der Waals surface area contributed by atoms with Crippen molar-refractivity contribution in [2.75, 3.05) is 7.11 Å². The van der Waals surface area contributed by atoms with E-state index in [0.717, 1.165) is 27.9 Å². The van der Waals surface area contributed by atoms with E-state index < -0.39 is 5.97 Å². The van der Waals surface area contributed by atoms with Crippen LogP contribution in [0, 0.1) is 0 Å². The van der Waals surface area contributed by atoms with E-state index in [1.807, 2.05) is 53.1 Å². The highest BCUT2D eigenvalue weighted by Crippen LogP contribution is 2.30. The molecule has 0 unspecified atom stereocenters. The van der Waals surface area contributed by atoms with Crippen LogP contribution in [-0.4, -0.2) is 27.7 Å². The predicted octanol–water partition coefficient (Wildman–Crippen LogP) is 3.89. The Kier molecular flexibility index (Phi) is 3.20. The first-order valence-corrected chi connectivity index (χ1v) is 7.45. The van der Waals surface area contributed by atoms with Crippen LogP contribution in [0.4, 0.5) is 0 Å². The van der Waals surface area contributed by atoms with Gasteiger partial charge in [-0.05, 0) is 30.3 Å². The summed E-state index contributed by atoms with van der Waals surface area (Å²) in [6.45, 7) is 0. The van der Waals surface area contributed by atoms with Crippen LogP contribution in [0.25, 0.3) is 27.5 Å². The van der Waals surface area contributed by atoms with Crippen LogP contribution >= 0.6 is 0 Å². The van der Waals surface area contributed by atoms with Gasteiger partial charge in [0, 0.05) is 23.2 Å². The Labute approximate surface area is 137 Å². The number of rotatable bonds is 3. The van der Waals surface area contributed by atoms with Gasteiger partial charge in [0.05, 0.1) is 29.4 Å². The van der Waals surface area contributed by atoms with Crippen molar-refractivity contribution in [1.82, 2.24) is 9.55 Å². The van der Waals surface area contributed by atoms with E-state index in [0.29, 0.717) is 5.39 Å².